The molecule has 0 aliphatic heterocycles. The molecule has 0 heterocycles. The van der Waals surface area contributed by atoms with Crippen molar-refractivity contribution in [3.05, 3.63) is 29.8 Å². The van der Waals surface area contributed by atoms with Crippen LogP contribution in [0.25, 0.3) is 0 Å². The highest BCUT2D eigenvalue weighted by atomic mass is 19.1. The topological polar surface area (TPSA) is 20.2 Å². The maximum absolute atomic E-state index is 12.5. The molecule has 1 nitrogen and oxygen atoms in total. The number of phenolic OH excluding ortho intramolecular Hbond substituents is 1. The van der Waals surface area contributed by atoms with Gasteiger partial charge in [-0.05, 0) is 18.1 Å². The molecular formula is C9H9FO. The van der Waals surface area contributed by atoms with Gasteiger partial charge in [-0.2, -0.15) is 0 Å². The Morgan fingerprint density at radius 2 is 2.00 bits per heavy atom. The molecule has 0 aromatic heterocycles. The van der Waals surface area contributed by atoms with Crippen LogP contribution < -0.4 is 0 Å². The van der Waals surface area contributed by atoms with E-state index in [9.17, 15) is 9.50 Å². The summed E-state index contributed by atoms with van der Waals surface area (Å²) in [6.07, 6.45) is -0.166. The highest BCUT2D eigenvalue weighted by molar-refractivity contribution is 5.38. The van der Waals surface area contributed by atoms with E-state index in [-0.39, 0.29) is 11.7 Å². The molecule has 0 radical (unpaired) electrons. The van der Waals surface area contributed by atoms with Gasteiger partial charge in [-0.15, -0.1) is 0 Å². The van der Waals surface area contributed by atoms with Crippen LogP contribution in [0.15, 0.2) is 24.3 Å². The number of halogens is 1. The highest BCUT2D eigenvalue weighted by Gasteiger charge is 2.39. The maximum Gasteiger partial charge on any atom is 0.119 e. The van der Waals surface area contributed by atoms with Crippen molar-refractivity contribution in [2.45, 2.75) is 18.5 Å². The van der Waals surface area contributed by atoms with E-state index in [0.29, 0.717) is 6.42 Å². The Morgan fingerprint density at radius 3 is 2.55 bits per heavy atom. The van der Waals surface area contributed by atoms with Crippen molar-refractivity contribution in [2.24, 2.45) is 0 Å². The minimum atomic E-state index is -0.733. The van der Waals surface area contributed by atoms with Gasteiger partial charge in [0.2, 0.25) is 0 Å². The Hall–Kier alpha value is -1.05. The van der Waals surface area contributed by atoms with Crippen LogP contribution in [0.4, 0.5) is 4.39 Å². The van der Waals surface area contributed by atoms with E-state index in [1.54, 1.807) is 18.2 Å². The van der Waals surface area contributed by atoms with Gasteiger partial charge in [-0.3, -0.25) is 0 Å². The van der Waals surface area contributed by atoms with E-state index in [1.807, 2.05) is 6.07 Å². The first kappa shape index (κ1) is 6.65. The van der Waals surface area contributed by atoms with E-state index < -0.39 is 6.17 Å². The molecule has 11 heavy (non-hydrogen) atoms. The fourth-order valence-electron chi connectivity index (χ4n) is 1.29. The summed E-state index contributed by atoms with van der Waals surface area (Å²) in [6.45, 7) is 0. The largest absolute Gasteiger partial charge is 0.508 e. The molecule has 1 aliphatic rings. The minimum Gasteiger partial charge on any atom is -0.508 e. The molecule has 2 atom stereocenters. The molecule has 1 saturated carbocycles. The van der Waals surface area contributed by atoms with Gasteiger partial charge in [0.05, 0.1) is 0 Å². The molecule has 1 unspecified atom stereocenters. The number of hydrogen-bond acceptors (Lipinski definition) is 1. The molecule has 1 fully saturated rings. The highest BCUT2D eigenvalue weighted by Crippen LogP contribution is 2.46. The summed E-state index contributed by atoms with van der Waals surface area (Å²) in [7, 11) is 0. The third-order valence-corrected chi connectivity index (χ3v) is 2.05. The van der Waals surface area contributed by atoms with Crippen LogP contribution in [-0.2, 0) is 0 Å². The lowest BCUT2D eigenvalue weighted by Gasteiger charge is -1.99. The Balaban J connectivity index is 2.31. The molecular weight excluding hydrogens is 143 g/mol. The SMILES string of the molecule is Oc1ccccc1[C@@H]1CC1F. The predicted molar refractivity (Wildman–Crippen MR) is 40.4 cm³/mol. The number of hydrogen-bond donors (Lipinski definition) is 1. The Morgan fingerprint density at radius 1 is 1.36 bits per heavy atom. The van der Waals surface area contributed by atoms with Crippen LogP contribution in [0.5, 0.6) is 5.75 Å². The maximum atomic E-state index is 12.5. The minimum absolute atomic E-state index is 0.0452. The molecule has 0 saturated heterocycles. The molecule has 1 N–H and O–H groups in total. The number of rotatable bonds is 1. The Kier molecular flexibility index (Phi) is 1.34. The van der Waals surface area contributed by atoms with Gasteiger partial charge in [0, 0.05) is 5.92 Å². The van der Waals surface area contributed by atoms with Crippen LogP contribution in [0.1, 0.15) is 17.9 Å². The third kappa shape index (κ3) is 1.09. The van der Waals surface area contributed by atoms with Crippen molar-refractivity contribution in [3.8, 4) is 5.75 Å². The Labute approximate surface area is 64.5 Å². The van der Waals surface area contributed by atoms with Gasteiger partial charge in [0.15, 0.2) is 0 Å². The molecule has 1 aliphatic carbocycles. The van der Waals surface area contributed by atoms with Gasteiger partial charge >= 0.3 is 0 Å². The first-order valence-corrected chi connectivity index (χ1v) is 3.71. The normalized spacial score (nSPS) is 28.5. The standard InChI is InChI=1S/C9H9FO/c10-8-5-7(8)6-3-1-2-4-9(6)11/h1-4,7-8,11H,5H2/t7-,8?/m0/s1. The molecule has 0 bridgehead atoms. The quantitative estimate of drug-likeness (QED) is 0.654. The van der Waals surface area contributed by atoms with Crippen molar-refractivity contribution in [1.82, 2.24) is 0 Å². The van der Waals surface area contributed by atoms with E-state index in [4.69, 9.17) is 0 Å². The van der Waals surface area contributed by atoms with Crippen molar-refractivity contribution < 1.29 is 9.50 Å². The van der Waals surface area contributed by atoms with Crippen LogP contribution in [-0.4, -0.2) is 11.3 Å². The van der Waals surface area contributed by atoms with Crippen molar-refractivity contribution >= 4 is 0 Å². The monoisotopic (exact) mass is 152 g/mol. The second-order valence-corrected chi connectivity index (χ2v) is 2.92. The average Bonchev–Trinajstić information content (AvgIpc) is 2.68. The summed E-state index contributed by atoms with van der Waals surface area (Å²) in [4.78, 5) is 0. The summed E-state index contributed by atoms with van der Waals surface area (Å²) in [5.74, 6) is 0.175. The molecule has 1 aromatic rings. The predicted octanol–water partition coefficient (Wildman–Crippen LogP) is 2.22. The van der Waals surface area contributed by atoms with E-state index in [1.165, 1.54) is 0 Å². The fourth-order valence-corrected chi connectivity index (χ4v) is 1.29. The van der Waals surface area contributed by atoms with Gasteiger partial charge in [0.1, 0.15) is 11.9 Å². The molecule has 2 rings (SSSR count). The summed E-state index contributed by atoms with van der Waals surface area (Å²) in [5, 5.41) is 9.27. The molecule has 1 aromatic carbocycles. The first-order valence-electron chi connectivity index (χ1n) is 3.71. The lowest BCUT2D eigenvalue weighted by Crippen LogP contribution is -1.82. The van der Waals surface area contributed by atoms with E-state index in [2.05, 4.69) is 0 Å². The number of alkyl halides is 1. The van der Waals surface area contributed by atoms with Gasteiger partial charge in [-0.25, -0.2) is 4.39 Å². The van der Waals surface area contributed by atoms with Crippen molar-refractivity contribution in [2.75, 3.05) is 0 Å². The second kappa shape index (κ2) is 2.22. The van der Waals surface area contributed by atoms with E-state index in [0.717, 1.165) is 5.56 Å². The average molecular weight is 152 g/mol. The molecule has 0 spiro atoms. The molecule has 2 heteroatoms. The summed E-state index contributed by atoms with van der Waals surface area (Å²) < 4.78 is 12.5. The van der Waals surface area contributed by atoms with Crippen LogP contribution in [0.2, 0.25) is 0 Å². The number of aromatic hydroxyl groups is 1. The Bertz CT molecular complexity index is 272. The number of para-hydroxylation sites is 1. The zero-order valence-corrected chi connectivity index (χ0v) is 6.00. The smallest absolute Gasteiger partial charge is 0.119 e. The molecule has 58 valence electrons. The van der Waals surface area contributed by atoms with Crippen molar-refractivity contribution in [3.63, 3.8) is 0 Å². The third-order valence-electron chi connectivity index (χ3n) is 2.05. The van der Waals surface area contributed by atoms with Gasteiger partial charge < -0.3 is 5.11 Å². The zero-order chi connectivity index (χ0) is 7.84. The summed E-state index contributed by atoms with van der Waals surface area (Å²) in [5.41, 5.74) is 0.750. The zero-order valence-electron chi connectivity index (χ0n) is 6.00. The molecule has 0 amide bonds. The number of phenols is 1. The first-order chi connectivity index (χ1) is 5.29. The van der Waals surface area contributed by atoms with E-state index >= 15 is 0 Å². The van der Waals surface area contributed by atoms with Crippen molar-refractivity contribution in [1.29, 1.82) is 0 Å². The summed E-state index contributed by atoms with van der Waals surface area (Å²) >= 11 is 0. The second-order valence-electron chi connectivity index (χ2n) is 2.92. The summed E-state index contributed by atoms with van der Waals surface area (Å²) in [6, 6.07) is 6.94. The van der Waals surface area contributed by atoms with Gasteiger partial charge in [-0.1, -0.05) is 18.2 Å². The number of benzene rings is 1. The van der Waals surface area contributed by atoms with Crippen LogP contribution in [0, 0.1) is 0 Å². The van der Waals surface area contributed by atoms with Crippen LogP contribution in [0.3, 0.4) is 0 Å². The fraction of sp³-hybridized carbons (Fsp3) is 0.333. The van der Waals surface area contributed by atoms with Crippen LogP contribution >= 0.6 is 0 Å². The lowest BCUT2D eigenvalue weighted by atomic mass is 10.1. The lowest BCUT2D eigenvalue weighted by molar-refractivity contribution is 0.449. The van der Waals surface area contributed by atoms with Gasteiger partial charge in [0.25, 0.3) is 0 Å².